The molecular weight excluding hydrogens is 340 g/mol. The fraction of sp³-hybridized carbons (Fsp3) is 0.647. The highest BCUT2D eigenvalue weighted by Crippen LogP contribution is 2.42. The number of ether oxygens (including phenoxy) is 1. The van der Waals surface area contributed by atoms with Crippen molar-refractivity contribution in [2.75, 3.05) is 38.8 Å². The molecule has 2 aromatic heterocycles. The van der Waals surface area contributed by atoms with Crippen LogP contribution in [-0.2, 0) is 17.8 Å². The van der Waals surface area contributed by atoms with Crippen LogP contribution >= 0.6 is 23.1 Å². The van der Waals surface area contributed by atoms with Gasteiger partial charge in [-0.25, -0.2) is 9.97 Å². The van der Waals surface area contributed by atoms with Gasteiger partial charge in [0.25, 0.3) is 0 Å². The normalized spacial score (nSPS) is 20.6. The maximum absolute atomic E-state index is 6.11. The van der Waals surface area contributed by atoms with Crippen LogP contribution in [0.2, 0.25) is 0 Å². The molecule has 0 bridgehead atoms. The Morgan fingerprint density at radius 3 is 2.83 bits per heavy atom. The van der Waals surface area contributed by atoms with Gasteiger partial charge in [-0.1, -0.05) is 18.7 Å². The van der Waals surface area contributed by atoms with E-state index < -0.39 is 0 Å². The summed E-state index contributed by atoms with van der Waals surface area (Å²) in [6.45, 7) is 6.93. The summed E-state index contributed by atoms with van der Waals surface area (Å²) in [4.78, 5) is 14.1. The molecule has 0 unspecified atom stereocenters. The van der Waals surface area contributed by atoms with Crippen LogP contribution in [0.5, 0.6) is 0 Å². The minimum atomic E-state index is -0.0832. The van der Waals surface area contributed by atoms with E-state index >= 15 is 0 Å². The molecule has 1 N–H and O–H groups in total. The van der Waals surface area contributed by atoms with Gasteiger partial charge in [-0.15, -0.1) is 11.3 Å². The smallest absolute Gasteiger partial charge is 0.190 e. The van der Waals surface area contributed by atoms with Gasteiger partial charge < -0.3 is 15.0 Å². The number of anilines is 1. The van der Waals surface area contributed by atoms with Crippen LogP contribution in [0.15, 0.2) is 5.16 Å². The van der Waals surface area contributed by atoms with Crippen LogP contribution < -0.4 is 5.32 Å². The first kappa shape index (κ1) is 17.9. The number of hydrogen-bond acceptors (Lipinski definition) is 7. The number of thioether (sulfide) groups is 1. The average molecular weight is 367 g/mol. The highest BCUT2D eigenvalue weighted by atomic mass is 32.2. The van der Waals surface area contributed by atoms with Crippen molar-refractivity contribution in [2.24, 2.45) is 0 Å². The monoisotopic (exact) mass is 366 g/mol. The lowest BCUT2D eigenvalue weighted by Crippen LogP contribution is -2.34. The molecule has 0 amide bonds. The molecule has 132 valence electrons. The topological polar surface area (TPSA) is 50.3 Å². The highest BCUT2D eigenvalue weighted by Gasteiger charge is 2.33. The molecule has 0 saturated carbocycles. The minimum Gasteiger partial charge on any atom is -0.369 e. The van der Waals surface area contributed by atoms with E-state index in [0.29, 0.717) is 6.61 Å². The second-order valence-electron chi connectivity index (χ2n) is 6.74. The van der Waals surface area contributed by atoms with Crippen LogP contribution in [0.4, 0.5) is 5.82 Å². The van der Waals surface area contributed by atoms with E-state index in [-0.39, 0.29) is 5.60 Å². The van der Waals surface area contributed by atoms with Crippen molar-refractivity contribution in [2.45, 2.75) is 44.1 Å². The number of thiophene rings is 1. The van der Waals surface area contributed by atoms with Crippen LogP contribution in [0.3, 0.4) is 0 Å². The molecule has 3 heterocycles. The van der Waals surface area contributed by atoms with Crippen molar-refractivity contribution in [3.05, 3.63) is 10.4 Å². The van der Waals surface area contributed by atoms with Gasteiger partial charge in [-0.05, 0) is 39.3 Å². The van der Waals surface area contributed by atoms with E-state index in [2.05, 4.69) is 38.2 Å². The van der Waals surface area contributed by atoms with E-state index in [1.165, 1.54) is 15.8 Å². The molecule has 5 nitrogen and oxygen atoms in total. The lowest BCUT2D eigenvalue weighted by molar-refractivity contribution is -0.0542. The third-order valence-electron chi connectivity index (χ3n) is 4.60. The third kappa shape index (κ3) is 3.54. The lowest BCUT2D eigenvalue weighted by Gasteiger charge is -2.33. The molecule has 1 aliphatic heterocycles. The minimum absolute atomic E-state index is 0.0832. The largest absolute Gasteiger partial charge is 0.369 e. The molecule has 0 aromatic carbocycles. The Labute approximate surface area is 152 Å². The molecular formula is C17H26N4OS2. The molecule has 0 saturated heterocycles. The molecule has 1 atom stereocenters. The van der Waals surface area contributed by atoms with Gasteiger partial charge in [0, 0.05) is 24.4 Å². The van der Waals surface area contributed by atoms with Crippen LogP contribution in [0.1, 0.15) is 30.7 Å². The van der Waals surface area contributed by atoms with Crippen molar-refractivity contribution < 1.29 is 4.74 Å². The Bertz CT molecular complexity index is 731. The number of nitrogens with zero attached hydrogens (tertiary/aromatic N) is 3. The summed E-state index contributed by atoms with van der Waals surface area (Å²) >= 11 is 3.35. The summed E-state index contributed by atoms with van der Waals surface area (Å²) in [5, 5.41) is 5.56. The molecule has 0 radical (unpaired) electrons. The van der Waals surface area contributed by atoms with E-state index in [0.717, 1.165) is 41.7 Å². The third-order valence-corrected chi connectivity index (χ3v) is 6.25. The van der Waals surface area contributed by atoms with Gasteiger partial charge in [-0.2, -0.15) is 0 Å². The van der Waals surface area contributed by atoms with Gasteiger partial charge in [-0.3, -0.25) is 0 Å². The van der Waals surface area contributed by atoms with Crippen LogP contribution in [0.25, 0.3) is 10.2 Å². The van der Waals surface area contributed by atoms with Crippen molar-refractivity contribution in [1.82, 2.24) is 14.9 Å². The number of nitrogens with one attached hydrogen (secondary N) is 1. The fourth-order valence-corrected chi connectivity index (χ4v) is 4.42. The standard InChI is InChI=1S/C17H26N4OS2/c1-6-17(2)9-11-12(10-22-17)24-15-13(11)14(18-7-8-21(3)4)19-16(20-15)23-5/h6-10H2,1-5H3,(H,18,19,20)/t17-/m1/s1. The van der Waals surface area contributed by atoms with Gasteiger partial charge in [0.1, 0.15) is 10.6 Å². The highest BCUT2D eigenvalue weighted by molar-refractivity contribution is 7.98. The predicted molar refractivity (Wildman–Crippen MR) is 103 cm³/mol. The Morgan fingerprint density at radius 1 is 1.38 bits per heavy atom. The van der Waals surface area contributed by atoms with E-state index in [1.807, 2.05) is 6.26 Å². The predicted octanol–water partition coefficient (Wildman–Crippen LogP) is 3.63. The maximum atomic E-state index is 6.11. The van der Waals surface area contributed by atoms with E-state index in [1.54, 1.807) is 23.1 Å². The second-order valence-corrected chi connectivity index (χ2v) is 8.60. The summed E-state index contributed by atoms with van der Waals surface area (Å²) in [5.41, 5.74) is 1.30. The molecule has 0 aliphatic carbocycles. The number of fused-ring (bicyclic) bond motifs is 3. The van der Waals surface area contributed by atoms with Crippen molar-refractivity contribution in [1.29, 1.82) is 0 Å². The summed E-state index contributed by atoms with van der Waals surface area (Å²) in [6, 6.07) is 0. The van der Waals surface area contributed by atoms with Crippen molar-refractivity contribution >= 4 is 39.1 Å². The fourth-order valence-electron chi connectivity index (χ4n) is 2.90. The Hall–Kier alpha value is -0.890. The number of hydrogen-bond donors (Lipinski definition) is 1. The van der Waals surface area contributed by atoms with Gasteiger partial charge >= 0.3 is 0 Å². The number of likely N-dealkylation sites (N-methyl/N-ethyl adjacent to an activating group) is 1. The number of aromatic nitrogens is 2. The summed E-state index contributed by atoms with van der Waals surface area (Å²) in [6.07, 6.45) is 3.97. The summed E-state index contributed by atoms with van der Waals surface area (Å²) < 4.78 is 6.11. The van der Waals surface area contributed by atoms with Crippen LogP contribution in [-0.4, -0.2) is 53.9 Å². The molecule has 7 heteroatoms. The zero-order valence-corrected chi connectivity index (χ0v) is 16.7. The molecule has 24 heavy (non-hydrogen) atoms. The Kier molecular flexibility index (Phi) is 5.34. The van der Waals surface area contributed by atoms with Crippen LogP contribution in [0, 0.1) is 0 Å². The van der Waals surface area contributed by atoms with E-state index in [4.69, 9.17) is 14.7 Å². The molecule has 1 aliphatic rings. The first-order valence-corrected chi connectivity index (χ1v) is 10.4. The first-order chi connectivity index (χ1) is 11.5. The summed E-state index contributed by atoms with van der Waals surface area (Å²) in [7, 11) is 4.17. The number of rotatable bonds is 6. The molecule has 2 aromatic rings. The Morgan fingerprint density at radius 2 is 2.17 bits per heavy atom. The van der Waals surface area contributed by atoms with Crippen molar-refractivity contribution in [3.63, 3.8) is 0 Å². The SMILES string of the molecule is CC[C@]1(C)Cc2c(sc3nc(SC)nc(NCCN(C)C)c23)CO1. The maximum Gasteiger partial charge on any atom is 0.190 e. The lowest BCUT2D eigenvalue weighted by atomic mass is 9.90. The molecule has 3 rings (SSSR count). The quantitative estimate of drug-likeness (QED) is 0.622. The van der Waals surface area contributed by atoms with E-state index in [9.17, 15) is 0 Å². The second kappa shape index (κ2) is 7.15. The summed E-state index contributed by atoms with van der Waals surface area (Å²) in [5.74, 6) is 0.976. The zero-order valence-electron chi connectivity index (χ0n) is 15.1. The molecule has 0 spiro atoms. The zero-order chi connectivity index (χ0) is 17.3. The van der Waals surface area contributed by atoms with Gasteiger partial charge in [0.05, 0.1) is 17.6 Å². The van der Waals surface area contributed by atoms with Crippen molar-refractivity contribution in [3.8, 4) is 0 Å². The van der Waals surface area contributed by atoms with Gasteiger partial charge in [0.15, 0.2) is 5.16 Å². The average Bonchev–Trinajstić information content (AvgIpc) is 2.91. The Balaban J connectivity index is 2.03. The molecule has 0 fully saturated rings. The van der Waals surface area contributed by atoms with Gasteiger partial charge in [0.2, 0.25) is 0 Å². The first-order valence-electron chi connectivity index (χ1n) is 8.34.